The monoisotopic (exact) mass is 374 g/mol. The number of carbonyl (C=O) groups is 1. The number of thiophene rings is 1. The minimum atomic E-state index is 0.0586. The molecule has 6 rings (SSSR count). The predicted molar refractivity (Wildman–Crippen MR) is 99.6 cm³/mol. The number of nitrogens with zero attached hydrogens (tertiary/aromatic N) is 2. The number of hydrogen-bond acceptors (Lipinski definition) is 7. The molecule has 1 aromatic rings. The van der Waals surface area contributed by atoms with Crippen LogP contribution in [0.25, 0.3) is 0 Å². The quantitative estimate of drug-likeness (QED) is 0.557. The molecule has 4 unspecified atom stereocenters. The maximum absolute atomic E-state index is 13.6. The zero-order chi connectivity index (χ0) is 17.4. The van der Waals surface area contributed by atoms with E-state index in [2.05, 4.69) is 28.7 Å². The molecule has 140 valence electrons. The van der Waals surface area contributed by atoms with Gasteiger partial charge in [0.25, 0.3) is 5.91 Å². The van der Waals surface area contributed by atoms with E-state index in [1.165, 1.54) is 42.5 Å². The van der Waals surface area contributed by atoms with E-state index in [4.69, 9.17) is 0 Å². The summed E-state index contributed by atoms with van der Waals surface area (Å²) in [6, 6.07) is 0. The Bertz CT molecular complexity index is 765. The van der Waals surface area contributed by atoms with Gasteiger partial charge in [-0.25, -0.2) is 10.4 Å². The molecule has 1 amide bonds. The van der Waals surface area contributed by atoms with Crippen molar-refractivity contribution in [1.29, 1.82) is 0 Å². The summed E-state index contributed by atoms with van der Waals surface area (Å²) in [5.41, 5.74) is 11.8. The lowest BCUT2D eigenvalue weighted by Crippen LogP contribution is -2.71. The molecular formula is C18H26N6OS. The van der Waals surface area contributed by atoms with Gasteiger partial charge in [-0.1, -0.05) is 19.8 Å². The highest BCUT2D eigenvalue weighted by molar-refractivity contribution is 7.16. The van der Waals surface area contributed by atoms with Crippen molar-refractivity contribution in [3.05, 3.63) is 16.0 Å². The molecule has 0 aromatic carbocycles. The van der Waals surface area contributed by atoms with Crippen LogP contribution in [-0.4, -0.2) is 28.4 Å². The molecule has 8 heteroatoms. The Hall–Kier alpha value is -1.19. The second kappa shape index (κ2) is 5.65. The van der Waals surface area contributed by atoms with Crippen molar-refractivity contribution < 1.29 is 4.79 Å². The molecule has 0 bridgehead atoms. The number of nitrogens with one attached hydrogen (secondary N) is 4. The molecule has 0 radical (unpaired) electrons. The van der Waals surface area contributed by atoms with Gasteiger partial charge in [0.1, 0.15) is 17.3 Å². The molecule has 5 aliphatic rings. The summed E-state index contributed by atoms with van der Waals surface area (Å²) in [6.45, 7) is 2.32. The van der Waals surface area contributed by atoms with Crippen LogP contribution in [0.2, 0.25) is 0 Å². The fourth-order valence-electron chi connectivity index (χ4n) is 5.78. The van der Waals surface area contributed by atoms with Gasteiger partial charge in [0.2, 0.25) is 0 Å². The molecule has 5 atom stereocenters. The smallest absolute Gasteiger partial charge is 0.274 e. The van der Waals surface area contributed by atoms with Crippen LogP contribution in [0.15, 0.2) is 0 Å². The Labute approximate surface area is 157 Å². The van der Waals surface area contributed by atoms with Crippen LogP contribution in [0.3, 0.4) is 0 Å². The highest BCUT2D eigenvalue weighted by Gasteiger charge is 2.55. The van der Waals surface area contributed by atoms with Crippen LogP contribution in [0.4, 0.5) is 5.00 Å². The first-order chi connectivity index (χ1) is 12.7. The van der Waals surface area contributed by atoms with E-state index < -0.39 is 0 Å². The normalized spacial score (nSPS) is 38.7. The lowest BCUT2D eigenvalue weighted by molar-refractivity contribution is -0.157. The fraction of sp³-hybridized carbons (Fsp3) is 0.722. The second-order valence-corrected chi connectivity index (χ2v) is 9.68. The molecule has 1 aromatic heterocycles. The lowest BCUT2D eigenvalue weighted by atomic mass is 9.74. The molecule has 26 heavy (non-hydrogen) atoms. The fourth-order valence-corrected chi connectivity index (χ4v) is 7.21. The molecule has 4 heterocycles. The summed E-state index contributed by atoms with van der Waals surface area (Å²) in [5, 5.41) is 8.88. The highest BCUT2D eigenvalue weighted by Crippen LogP contribution is 2.48. The van der Waals surface area contributed by atoms with Crippen molar-refractivity contribution in [2.45, 2.75) is 64.2 Å². The highest BCUT2D eigenvalue weighted by atomic mass is 32.1. The number of carbonyl (C=O) groups excluding carboxylic acids is 1. The van der Waals surface area contributed by atoms with E-state index in [9.17, 15) is 4.79 Å². The summed E-state index contributed by atoms with van der Waals surface area (Å²) in [6.07, 6.45) is 8.49. The van der Waals surface area contributed by atoms with E-state index in [1.807, 2.05) is 21.5 Å². The number of hydrogen-bond donors (Lipinski definition) is 4. The Morgan fingerprint density at radius 1 is 1.12 bits per heavy atom. The van der Waals surface area contributed by atoms with Gasteiger partial charge in [0.05, 0.1) is 5.56 Å². The zero-order valence-corrected chi connectivity index (χ0v) is 15.9. The van der Waals surface area contributed by atoms with Crippen LogP contribution in [-0.2, 0) is 12.8 Å². The minimum absolute atomic E-state index is 0.0586. The maximum Gasteiger partial charge on any atom is 0.274 e. The van der Waals surface area contributed by atoms with Gasteiger partial charge in [-0.2, -0.15) is 11.1 Å². The van der Waals surface area contributed by atoms with E-state index in [0.717, 1.165) is 29.3 Å². The van der Waals surface area contributed by atoms with Gasteiger partial charge in [-0.15, -0.1) is 16.5 Å². The maximum atomic E-state index is 13.6. The number of fused-ring (bicyclic) bond motifs is 9. The topological polar surface area (TPSA) is 71.7 Å². The molecular weight excluding hydrogens is 348 g/mol. The third-order valence-electron chi connectivity index (χ3n) is 7.05. The standard InChI is InChI=1S/C18H26N6OS/c1-9-6-7-12-13(8-9)26-17-14(12)18(25)23-15(19-17)10-4-2-3-5-11(10)16-20-21-22-24(16)23/h9-11,15-16,19-22H,2-8H2,1H3/t9-,10?,11?,15?,16?/m1/s1. The number of rotatable bonds is 0. The summed E-state index contributed by atoms with van der Waals surface area (Å²) in [5.74, 6) is 1.93. The van der Waals surface area contributed by atoms with Crippen LogP contribution in [0.1, 0.15) is 59.8 Å². The van der Waals surface area contributed by atoms with Crippen molar-refractivity contribution in [3.8, 4) is 0 Å². The Kier molecular flexibility index (Phi) is 3.44. The van der Waals surface area contributed by atoms with Gasteiger partial charge in [0, 0.05) is 10.8 Å². The molecule has 2 saturated heterocycles. The van der Waals surface area contributed by atoms with Gasteiger partial charge in [-0.3, -0.25) is 4.79 Å². The summed E-state index contributed by atoms with van der Waals surface area (Å²) >= 11 is 1.84. The third-order valence-corrected chi connectivity index (χ3v) is 8.23. The third kappa shape index (κ3) is 2.05. The van der Waals surface area contributed by atoms with Crippen LogP contribution in [0, 0.1) is 17.8 Å². The predicted octanol–water partition coefficient (Wildman–Crippen LogP) is 1.96. The summed E-state index contributed by atoms with van der Waals surface area (Å²) < 4.78 is 0. The second-order valence-electron chi connectivity index (χ2n) is 8.58. The Balaban J connectivity index is 1.44. The molecule has 4 N–H and O–H groups in total. The Morgan fingerprint density at radius 3 is 2.77 bits per heavy atom. The summed E-state index contributed by atoms with van der Waals surface area (Å²) in [4.78, 5) is 15.1. The van der Waals surface area contributed by atoms with Gasteiger partial charge >= 0.3 is 0 Å². The van der Waals surface area contributed by atoms with Gasteiger partial charge in [0.15, 0.2) is 0 Å². The van der Waals surface area contributed by atoms with Crippen molar-refractivity contribution in [1.82, 2.24) is 26.6 Å². The molecule has 1 saturated carbocycles. The van der Waals surface area contributed by atoms with E-state index in [1.54, 1.807) is 0 Å². The number of hydrazine groups is 4. The first-order valence-electron chi connectivity index (χ1n) is 10.0. The van der Waals surface area contributed by atoms with E-state index in [0.29, 0.717) is 11.8 Å². The van der Waals surface area contributed by atoms with Crippen molar-refractivity contribution in [2.24, 2.45) is 17.8 Å². The average molecular weight is 375 g/mol. The van der Waals surface area contributed by atoms with Crippen LogP contribution in [0.5, 0.6) is 0 Å². The van der Waals surface area contributed by atoms with E-state index >= 15 is 0 Å². The Morgan fingerprint density at radius 2 is 1.92 bits per heavy atom. The summed E-state index contributed by atoms with van der Waals surface area (Å²) in [7, 11) is 0. The van der Waals surface area contributed by atoms with Crippen molar-refractivity contribution >= 4 is 22.2 Å². The molecule has 7 nitrogen and oxygen atoms in total. The molecule has 3 aliphatic heterocycles. The molecule has 3 fully saturated rings. The lowest BCUT2D eigenvalue weighted by Gasteiger charge is -2.54. The van der Waals surface area contributed by atoms with Crippen LogP contribution < -0.4 is 21.8 Å². The van der Waals surface area contributed by atoms with Crippen LogP contribution >= 0.6 is 11.3 Å². The van der Waals surface area contributed by atoms with E-state index in [-0.39, 0.29) is 18.2 Å². The number of amides is 1. The first kappa shape index (κ1) is 15.8. The zero-order valence-electron chi connectivity index (χ0n) is 15.0. The molecule has 0 spiro atoms. The first-order valence-corrected chi connectivity index (χ1v) is 10.8. The SMILES string of the molecule is C[C@@H]1CCc2c(sc3c2C(=O)N2C(N3)C3CCCCC3C3NNNN32)C1. The largest absolute Gasteiger partial charge is 0.355 e. The van der Waals surface area contributed by atoms with Crippen molar-refractivity contribution in [2.75, 3.05) is 5.32 Å². The number of anilines is 1. The van der Waals surface area contributed by atoms with Gasteiger partial charge < -0.3 is 5.32 Å². The van der Waals surface area contributed by atoms with Gasteiger partial charge in [-0.05, 0) is 49.5 Å². The minimum Gasteiger partial charge on any atom is -0.355 e. The van der Waals surface area contributed by atoms with Crippen molar-refractivity contribution in [3.63, 3.8) is 0 Å². The average Bonchev–Trinajstić information content (AvgIpc) is 3.26. The molecule has 2 aliphatic carbocycles.